The number of anilines is 1. The molecule has 4 rings (SSSR count). The molecule has 134 valence electrons. The number of halogens is 1. The minimum atomic E-state index is -0.336. The van der Waals surface area contributed by atoms with Gasteiger partial charge in [-0.25, -0.2) is 14.4 Å². The van der Waals surface area contributed by atoms with Gasteiger partial charge in [0.1, 0.15) is 17.4 Å². The van der Waals surface area contributed by atoms with Crippen LogP contribution >= 0.6 is 0 Å². The van der Waals surface area contributed by atoms with Gasteiger partial charge in [-0.2, -0.15) is 0 Å². The van der Waals surface area contributed by atoms with E-state index < -0.39 is 0 Å². The summed E-state index contributed by atoms with van der Waals surface area (Å²) in [6, 6.07) is 10.6. The molecule has 2 aromatic carbocycles. The number of nitrogens with zero attached hydrogens (tertiary/aromatic N) is 3. The fourth-order valence-corrected chi connectivity index (χ4v) is 3.32. The van der Waals surface area contributed by atoms with E-state index in [2.05, 4.69) is 22.3 Å². The van der Waals surface area contributed by atoms with E-state index in [4.69, 9.17) is 14.7 Å². The number of piperazine rings is 1. The molecule has 1 N–H and O–H groups in total. The first-order valence-corrected chi connectivity index (χ1v) is 8.74. The Kier molecular flexibility index (Phi) is 4.42. The fourth-order valence-electron chi connectivity index (χ4n) is 3.32. The second-order valence-electron chi connectivity index (χ2n) is 6.47. The van der Waals surface area contributed by atoms with E-state index >= 15 is 0 Å². The zero-order chi connectivity index (χ0) is 18.1. The van der Waals surface area contributed by atoms with Crippen LogP contribution in [0.15, 0.2) is 36.4 Å². The second-order valence-corrected chi connectivity index (χ2v) is 6.47. The molecule has 0 radical (unpaired) electrons. The second kappa shape index (κ2) is 6.88. The lowest BCUT2D eigenvalue weighted by atomic mass is 10.1. The zero-order valence-corrected chi connectivity index (χ0v) is 14.9. The van der Waals surface area contributed by atoms with Gasteiger partial charge in [-0.05, 0) is 42.8 Å². The third-order valence-corrected chi connectivity index (χ3v) is 4.65. The summed E-state index contributed by atoms with van der Waals surface area (Å²) >= 11 is 0. The lowest BCUT2D eigenvalue weighted by molar-refractivity contribution is 0.415. The third-order valence-electron chi connectivity index (χ3n) is 4.65. The van der Waals surface area contributed by atoms with Gasteiger partial charge in [-0.1, -0.05) is 6.07 Å². The van der Waals surface area contributed by atoms with Crippen molar-refractivity contribution in [3.05, 3.63) is 47.8 Å². The number of benzene rings is 2. The normalized spacial score (nSPS) is 14.7. The Morgan fingerprint density at radius 2 is 1.88 bits per heavy atom. The molecule has 0 aliphatic carbocycles. The number of aryl methyl sites for hydroxylation is 1. The van der Waals surface area contributed by atoms with Crippen LogP contribution in [-0.4, -0.2) is 43.3 Å². The number of hydrogen-bond donors (Lipinski definition) is 1. The first-order chi connectivity index (χ1) is 12.7. The van der Waals surface area contributed by atoms with Gasteiger partial charge in [0, 0.05) is 31.6 Å². The number of hydrogen-bond acceptors (Lipinski definition) is 5. The van der Waals surface area contributed by atoms with Crippen molar-refractivity contribution >= 4 is 16.7 Å². The summed E-state index contributed by atoms with van der Waals surface area (Å²) in [6.45, 7) is 5.61. The monoisotopic (exact) mass is 352 g/mol. The molecule has 6 heteroatoms. The molecular weight excluding hydrogens is 331 g/mol. The molecule has 2 heterocycles. The number of aromatic nitrogens is 2. The van der Waals surface area contributed by atoms with Crippen molar-refractivity contribution in [2.45, 2.75) is 6.92 Å². The third kappa shape index (κ3) is 3.08. The van der Waals surface area contributed by atoms with E-state index in [-0.39, 0.29) is 5.82 Å². The van der Waals surface area contributed by atoms with Crippen LogP contribution in [0.5, 0.6) is 5.75 Å². The van der Waals surface area contributed by atoms with Gasteiger partial charge in [0.05, 0.1) is 18.2 Å². The Labute approximate surface area is 151 Å². The predicted octanol–water partition coefficient (Wildman–Crippen LogP) is 3.16. The molecule has 3 aromatic rings. The molecule has 0 saturated carbocycles. The quantitative estimate of drug-likeness (QED) is 0.785. The van der Waals surface area contributed by atoms with Gasteiger partial charge in [-0.3, -0.25) is 0 Å². The minimum absolute atomic E-state index is 0.336. The molecule has 0 spiro atoms. The Balaban J connectivity index is 1.94. The Hall–Kier alpha value is -2.73. The van der Waals surface area contributed by atoms with Crippen molar-refractivity contribution in [3.63, 3.8) is 0 Å². The molecule has 5 nitrogen and oxygen atoms in total. The molecule has 26 heavy (non-hydrogen) atoms. The van der Waals surface area contributed by atoms with Gasteiger partial charge in [0.25, 0.3) is 0 Å². The maximum atomic E-state index is 13.9. The summed E-state index contributed by atoms with van der Waals surface area (Å²) in [7, 11) is 1.57. The first-order valence-electron chi connectivity index (χ1n) is 8.74. The SMILES string of the molecule is COc1ccc(F)cc1-c1nc(N2CCNCC2)c2ccc(C)cc2n1. The van der Waals surface area contributed by atoms with Gasteiger partial charge in [-0.15, -0.1) is 0 Å². The van der Waals surface area contributed by atoms with Crippen LogP contribution in [0.4, 0.5) is 10.2 Å². The lowest BCUT2D eigenvalue weighted by Crippen LogP contribution is -2.44. The van der Waals surface area contributed by atoms with Gasteiger partial charge >= 0.3 is 0 Å². The van der Waals surface area contributed by atoms with Crippen LogP contribution in [0, 0.1) is 12.7 Å². The van der Waals surface area contributed by atoms with Crippen LogP contribution in [0.1, 0.15) is 5.56 Å². The molecular formula is C20H21FN4O. The summed E-state index contributed by atoms with van der Waals surface area (Å²) in [6.07, 6.45) is 0. The summed E-state index contributed by atoms with van der Waals surface area (Å²) in [5.41, 5.74) is 2.54. The van der Waals surface area contributed by atoms with Crippen molar-refractivity contribution in [3.8, 4) is 17.1 Å². The van der Waals surface area contributed by atoms with E-state index in [1.54, 1.807) is 13.2 Å². The summed E-state index contributed by atoms with van der Waals surface area (Å²) in [4.78, 5) is 11.8. The van der Waals surface area contributed by atoms with Crippen LogP contribution in [0.25, 0.3) is 22.3 Å². The number of ether oxygens (including phenoxy) is 1. The van der Waals surface area contributed by atoms with Crippen molar-refractivity contribution in [2.75, 3.05) is 38.2 Å². The Bertz CT molecular complexity index is 954. The van der Waals surface area contributed by atoms with Crippen LogP contribution in [-0.2, 0) is 0 Å². The van der Waals surface area contributed by atoms with E-state index in [0.29, 0.717) is 17.1 Å². The molecule has 1 aromatic heterocycles. The van der Waals surface area contributed by atoms with E-state index in [9.17, 15) is 4.39 Å². The molecule has 1 aliphatic rings. The highest BCUT2D eigenvalue weighted by atomic mass is 19.1. The van der Waals surface area contributed by atoms with Crippen LogP contribution in [0.3, 0.4) is 0 Å². The maximum Gasteiger partial charge on any atom is 0.165 e. The van der Waals surface area contributed by atoms with Crippen LogP contribution in [0.2, 0.25) is 0 Å². The first kappa shape index (κ1) is 16.7. The standard InChI is InChI=1S/C20H21FN4O/c1-13-3-5-15-17(11-13)23-19(16-12-14(21)4-6-18(16)26-2)24-20(15)25-9-7-22-8-10-25/h3-6,11-12,22H,7-10H2,1-2H3. The molecule has 0 amide bonds. The van der Waals surface area contributed by atoms with E-state index in [0.717, 1.165) is 48.5 Å². The number of methoxy groups -OCH3 is 1. The molecule has 1 saturated heterocycles. The molecule has 1 fully saturated rings. The zero-order valence-electron chi connectivity index (χ0n) is 14.9. The fraction of sp³-hybridized carbons (Fsp3) is 0.300. The lowest BCUT2D eigenvalue weighted by Gasteiger charge is -2.29. The van der Waals surface area contributed by atoms with Crippen molar-refractivity contribution in [2.24, 2.45) is 0 Å². The smallest absolute Gasteiger partial charge is 0.165 e. The largest absolute Gasteiger partial charge is 0.496 e. The number of fused-ring (bicyclic) bond motifs is 1. The minimum Gasteiger partial charge on any atom is -0.496 e. The highest BCUT2D eigenvalue weighted by molar-refractivity contribution is 5.92. The summed E-state index contributed by atoms with van der Waals surface area (Å²) in [5, 5.41) is 4.37. The van der Waals surface area contributed by atoms with Crippen molar-refractivity contribution < 1.29 is 9.13 Å². The van der Waals surface area contributed by atoms with Crippen molar-refractivity contribution in [1.29, 1.82) is 0 Å². The average molecular weight is 352 g/mol. The predicted molar refractivity (Wildman–Crippen MR) is 101 cm³/mol. The van der Waals surface area contributed by atoms with Crippen molar-refractivity contribution in [1.82, 2.24) is 15.3 Å². The van der Waals surface area contributed by atoms with E-state index in [1.807, 2.05) is 13.0 Å². The van der Waals surface area contributed by atoms with Gasteiger partial charge in [0.2, 0.25) is 0 Å². The summed E-state index contributed by atoms with van der Waals surface area (Å²) in [5.74, 6) is 1.59. The molecule has 1 aliphatic heterocycles. The van der Waals surface area contributed by atoms with Gasteiger partial charge < -0.3 is 15.0 Å². The average Bonchev–Trinajstić information content (AvgIpc) is 2.67. The Morgan fingerprint density at radius 3 is 2.65 bits per heavy atom. The number of nitrogens with one attached hydrogen (secondary N) is 1. The summed E-state index contributed by atoms with van der Waals surface area (Å²) < 4.78 is 19.3. The molecule has 0 unspecified atom stereocenters. The molecule has 0 atom stereocenters. The highest BCUT2D eigenvalue weighted by Gasteiger charge is 2.19. The van der Waals surface area contributed by atoms with Crippen LogP contribution < -0.4 is 15.0 Å². The highest BCUT2D eigenvalue weighted by Crippen LogP contribution is 2.33. The number of rotatable bonds is 3. The Morgan fingerprint density at radius 1 is 1.08 bits per heavy atom. The maximum absolute atomic E-state index is 13.9. The van der Waals surface area contributed by atoms with E-state index in [1.165, 1.54) is 12.1 Å². The molecule has 0 bridgehead atoms. The van der Waals surface area contributed by atoms with Gasteiger partial charge in [0.15, 0.2) is 5.82 Å². The topological polar surface area (TPSA) is 50.3 Å².